The minimum Gasteiger partial charge on any atom is -0.277 e. The Labute approximate surface area is 186 Å². The van der Waals surface area contributed by atoms with Crippen molar-refractivity contribution in [3.63, 3.8) is 0 Å². The molecule has 152 valence electrons. The molecule has 32 heavy (non-hydrogen) atoms. The number of hydrogen-bond donors (Lipinski definition) is 0. The number of aryl methyl sites for hydroxylation is 1. The average Bonchev–Trinajstić information content (AvgIpc) is 3.25. The molecule has 0 radical (unpaired) electrons. The predicted molar refractivity (Wildman–Crippen MR) is 132 cm³/mol. The van der Waals surface area contributed by atoms with Crippen molar-refractivity contribution in [3.05, 3.63) is 115 Å². The summed E-state index contributed by atoms with van der Waals surface area (Å²) in [5.74, 6) is 0.905. The number of benzene rings is 4. The van der Waals surface area contributed by atoms with E-state index in [1.165, 1.54) is 21.9 Å². The summed E-state index contributed by atoms with van der Waals surface area (Å²) in [6.07, 6.45) is 1.86. The van der Waals surface area contributed by atoms with Crippen molar-refractivity contribution in [3.8, 4) is 28.2 Å². The van der Waals surface area contributed by atoms with Gasteiger partial charge in [-0.25, -0.2) is 9.97 Å². The Morgan fingerprint density at radius 3 is 2.03 bits per heavy atom. The van der Waals surface area contributed by atoms with Crippen LogP contribution in [-0.2, 0) is 0 Å². The smallest absolute Gasteiger partial charge is 0.165 e. The zero-order valence-electron chi connectivity index (χ0n) is 17.7. The number of rotatable bonds is 3. The first-order valence-corrected chi connectivity index (χ1v) is 10.8. The molecule has 0 bridgehead atoms. The lowest BCUT2D eigenvalue weighted by Gasteiger charge is -2.10. The average molecular weight is 412 g/mol. The fourth-order valence-electron chi connectivity index (χ4n) is 4.30. The molecule has 3 nitrogen and oxygen atoms in total. The van der Waals surface area contributed by atoms with Crippen molar-refractivity contribution in [2.75, 3.05) is 0 Å². The molecule has 2 aromatic heterocycles. The van der Waals surface area contributed by atoms with E-state index in [0.29, 0.717) is 0 Å². The van der Waals surface area contributed by atoms with Gasteiger partial charge in [-0.2, -0.15) is 0 Å². The van der Waals surface area contributed by atoms with Crippen molar-refractivity contribution in [1.82, 2.24) is 14.5 Å². The van der Waals surface area contributed by atoms with E-state index < -0.39 is 0 Å². The number of para-hydroxylation sites is 1. The summed E-state index contributed by atoms with van der Waals surface area (Å²) < 4.78 is 2.15. The number of hydrogen-bond acceptors (Lipinski definition) is 2. The summed E-state index contributed by atoms with van der Waals surface area (Å²) in [6.45, 7) is 2.08. The van der Waals surface area contributed by atoms with E-state index in [0.717, 1.165) is 33.8 Å². The molecule has 6 rings (SSSR count). The number of fused-ring (bicyclic) bond motifs is 2. The summed E-state index contributed by atoms with van der Waals surface area (Å²) in [6, 6.07) is 36.0. The monoisotopic (exact) mass is 411 g/mol. The molecule has 4 aromatic carbocycles. The summed E-state index contributed by atoms with van der Waals surface area (Å²) in [5.41, 5.74) is 7.53. The highest BCUT2D eigenvalue weighted by atomic mass is 15.1. The van der Waals surface area contributed by atoms with Gasteiger partial charge in [-0.05, 0) is 64.7 Å². The number of aromatic nitrogens is 3. The number of pyridine rings is 1. The first-order chi connectivity index (χ1) is 15.8. The van der Waals surface area contributed by atoms with Crippen molar-refractivity contribution in [1.29, 1.82) is 0 Å². The second-order valence-corrected chi connectivity index (χ2v) is 8.05. The normalized spacial score (nSPS) is 11.3. The molecular formula is C29H21N3. The second-order valence-electron chi connectivity index (χ2n) is 8.05. The standard InChI is InChI=1S/C29H21N3/c1-20-16-17-30-29-27(20)31-28(32(29)26-10-6-3-7-11-26)25-15-14-23-18-22(12-13-24(23)19-25)21-8-4-2-5-9-21/h2-19H,1H3. The molecule has 0 unspecified atom stereocenters. The first kappa shape index (κ1) is 18.5. The minimum atomic E-state index is 0.880. The maximum Gasteiger partial charge on any atom is 0.165 e. The van der Waals surface area contributed by atoms with Crippen LogP contribution in [0.25, 0.3) is 50.1 Å². The molecule has 0 spiro atoms. The molecule has 0 saturated heterocycles. The zero-order valence-corrected chi connectivity index (χ0v) is 17.7. The summed E-state index contributed by atoms with van der Waals surface area (Å²) >= 11 is 0. The Balaban J connectivity index is 1.54. The van der Waals surface area contributed by atoms with Gasteiger partial charge in [0.1, 0.15) is 11.3 Å². The quantitative estimate of drug-likeness (QED) is 0.308. The lowest BCUT2D eigenvalue weighted by Crippen LogP contribution is -1.98. The lowest BCUT2D eigenvalue weighted by atomic mass is 10.00. The van der Waals surface area contributed by atoms with Gasteiger partial charge in [0.15, 0.2) is 5.65 Å². The van der Waals surface area contributed by atoms with E-state index in [-0.39, 0.29) is 0 Å². The Kier molecular flexibility index (Phi) is 4.32. The molecule has 0 saturated carbocycles. The molecule has 2 heterocycles. The molecule has 0 N–H and O–H groups in total. The predicted octanol–water partition coefficient (Wildman–Crippen LogP) is 7.22. The van der Waals surface area contributed by atoms with E-state index in [9.17, 15) is 0 Å². The van der Waals surface area contributed by atoms with Crippen LogP contribution in [0.15, 0.2) is 109 Å². The van der Waals surface area contributed by atoms with Crippen LogP contribution in [0.1, 0.15) is 5.56 Å². The van der Waals surface area contributed by atoms with Crippen molar-refractivity contribution in [2.24, 2.45) is 0 Å². The maximum absolute atomic E-state index is 5.03. The van der Waals surface area contributed by atoms with Crippen LogP contribution in [0.2, 0.25) is 0 Å². The molecule has 0 amide bonds. The van der Waals surface area contributed by atoms with Gasteiger partial charge in [0.25, 0.3) is 0 Å². The van der Waals surface area contributed by atoms with Crippen LogP contribution >= 0.6 is 0 Å². The van der Waals surface area contributed by atoms with E-state index in [1.54, 1.807) is 0 Å². The molecule has 0 atom stereocenters. The molecule has 0 aliphatic carbocycles. The molecule has 0 aliphatic rings. The number of imidazole rings is 1. The van der Waals surface area contributed by atoms with Crippen LogP contribution in [0, 0.1) is 6.92 Å². The number of nitrogens with zero attached hydrogens (tertiary/aromatic N) is 3. The topological polar surface area (TPSA) is 30.7 Å². The molecule has 6 aromatic rings. The van der Waals surface area contributed by atoms with Gasteiger partial charge in [-0.1, -0.05) is 72.8 Å². The molecular weight excluding hydrogens is 390 g/mol. The largest absolute Gasteiger partial charge is 0.277 e. The second kappa shape index (κ2) is 7.47. The van der Waals surface area contributed by atoms with E-state index in [4.69, 9.17) is 4.98 Å². The summed E-state index contributed by atoms with van der Waals surface area (Å²) in [7, 11) is 0. The van der Waals surface area contributed by atoms with Gasteiger partial charge in [0, 0.05) is 17.4 Å². The van der Waals surface area contributed by atoms with Gasteiger partial charge < -0.3 is 0 Å². The van der Waals surface area contributed by atoms with Crippen molar-refractivity contribution in [2.45, 2.75) is 6.92 Å². The highest BCUT2D eigenvalue weighted by molar-refractivity contribution is 5.91. The van der Waals surface area contributed by atoms with Crippen LogP contribution < -0.4 is 0 Å². The van der Waals surface area contributed by atoms with Gasteiger partial charge >= 0.3 is 0 Å². The SMILES string of the molecule is Cc1ccnc2c1nc(-c1ccc3cc(-c4ccccc4)ccc3c1)n2-c1ccccc1. The Hall–Kier alpha value is -4.24. The van der Waals surface area contributed by atoms with Crippen LogP contribution in [0.5, 0.6) is 0 Å². The van der Waals surface area contributed by atoms with E-state index in [2.05, 4.69) is 89.3 Å². The fourth-order valence-corrected chi connectivity index (χ4v) is 4.30. The van der Waals surface area contributed by atoms with Gasteiger partial charge in [0.05, 0.1) is 0 Å². The van der Waals surface area contributed by atoms with Gasteiger partial charge in [-0.3, -0.25) is 4.57 Å². The molecule has 3 heteroatoms. The van der Waals surface area contributed by atoms with Gasteiger partial charge in [-0.15, -0.1) is 0 Å². The highest BCUT2D eigenvalue weighted by Gasteiger charge is 2.17. The third kappa shape index (κ3) is 3.07. The highest BCUT2D eigenvalue weighted by Crippen LogP contribution is 2.32. The molecule has 0 fully saturated rings. The third-order valence-corrected chi connectivity index (χ3v) is 5.97. The van der Waals surface area contributed by atoms with E-state index in [1.807, 2.05) is 36.5 Å². The van der Waals surface area contributed by atoms with E-state index >= 15 is 0 Å². The lowest BCUT2D eigenvalue weighted by molar-refractivity contribution is 1.08. The summed E-state index contributed by atoms with van der Waals surface area (Å²) in [5, 5.41) is 2.41. The Morgan fingerprint density at radius 2 is 1.28 bits per heavy atom. The zero-order chi connectivity index (χ0) is 21.5. The van der Waals surface area contributed by atoms with Crippen molar-refractivity contribution < 1.29 is 0 Å². The Morgan fingerprint density at radius 1 is 0.625 bits per heavy atom. The van der Waals surface area contributed by atoms with Crippen molar-refractivity contribution >= 4 is 21.9 Å². The molecule has 0 aliphatic heterocycles. The van der Waals surface area contributed by atoms with Crippen LogP contribution in [0.3, 0.4) is 0 Å². The van der Waals surface area contributed by atoms with Gasteiger partial charge in [0.2, 0.25) is 0 Å². The third-order valence-electron chi connectivity index (χ3n) is 5.97. The Bertz CT molecular complexity index is 1560. The van der Waals surface area contributed by atoms with Crippen LogP contribution in [0.4, 0.5) is 0 Å². The maximum atomic E-state index is 5.03. The first-order valence-electron chi connectivity index (χ1n) is 10.8. The van der Waals surface area contributed by atoms with Crippen LogP contribution in [-0.4, -0.2) is 14.5 Å². The fraction of sp³-hybridized carbons (Fsp3) is 0.0345. The summed E-state index contributed by atoms with van der Waals surface area (Å²) in [4.78, 5) is 9.70. The minimum absolute atomic E-state index is 0.880.